The van der Waals surface area contributed by atoms with Crippen LogP contribution in [0.1, 0.15) is 16.1 Å². The molecule has 0 atom stereocenters. The van der Waals surface area contributed by atoms with Crippen molar-refractivity contribution in [1.29, 1.82) is 0 Å². The fraction of sp³-hybridized carbons (Fsp3) is 0. The van der Waals surface area contributed by atoms with E-state index in [0.29, 0.717) is 21.3 Å². The third-order valence-corrected chi connectivity index (χ3v) is 3.62. The predicted octanol–water partition coefficient (Wildman–Crippen LogP) is 4.83. The molecular formula is C17H10Cl2N2O. The summed E-state index contributed by atoms with van der Waals surface area (Å²) < 4.78 is 0. The normalized spacial score (nSPS) is 11.2. The van der Waals surface area contributed by atoms with Crippen LogP contribution in [-0.2, 0) is 0 Å². The minimum Gasteiger partial charge on any atom is -0.289 e. The van der Waals surface area contributed by atoms with Gasteiger partial charge in [-0.3, -0.25) is 9.78 Å². The summed E-state index contributed by atoms with van der Waals surface area (Å²) >= 11 is 11.8. The standard InChI is InChI=1S/C17H10Cl2N2O/c18-11-5-7-13(14(19)9-11)17(22)8-6-12-10-20-15-3-1-2-4-16(15)21-12/h1-10H/b8-6+. The van der Waals surface area contributed by atoms with E-state index >= 15 is 0 Å². The van der Waals surface area contributed by atoms with Crippen LogP contribution in [0, 0.1) is 0 Å². The van der Waals surface area contributed by atoms with Crippen LogP contribution in [0.25, 0.3) is 17.1 Å². The molecule has 0 radical (unpaired) electrons. The molecule has 0 saturated carbocycles. The van der Waals surface area contributed by atoms with Crippen molar-refractivity contribution in [2.45, 2.75) is 0 Å². The highest BCUT2D eigenvalue weighted by atomic mass is 35.5. The van der Waals surface area contributed by atoms with E-state index in [-0.39, 0.29) is 5.78 Å². The van der Waals surface area contributed by atoms with Crippen molar-refractivity contribution in [1.82, 2.24) is 9.97 Å². The average Bonchev–Trinajstić information content (AvgIpc) is 2.52. The maximum Gasteiger partial charge on any atom is 0.187 e. The van der Waals surface area contributed by atoms with E-state index in [1.54, 1.807) is 30.5 Å². The Morgan fingerprint density at radius 2 is 1.82 bits per heavy atom. The molecule has 0 aliphatic carbocycles. The van der Waals surface area contributed by atoms with E-state index in [0.717, 1.165) is 11.0 Å². The van der Waals surface area contributed by atoms with Crippen molar-refractivity contribution < 1.29 is 4.79 Å². The first kappa shape index (κ1) is 14.7. The Hall–Kier alpha value is -2.23. The first-order valence-corrected chi connectivity index (χ1v) is 7.28. The van der Waals surface area contributed by atoms with Gasteiger partial charge >= 0.3 is 0 Å². The summed E-state index contributed by atoms with van der Waals surface area (Å²) in [5, 5.41) is 0.817. The van der Waals surface area contributed by atoms with Crippen molar-refractivity contribution in [3.05, 3.63) is 76.0 Å². The summed E-state index contributed by atoms with van der Waals surface area (Å²) in [7, 11) is 0. The average molecular weight is 329 g/mol. The number of carbonyl (C=O) groups excluding carboxylic acids is 1. The molecule has 0 saturated heterocycles. The summed E-state index contributed by atoms with van der Waals surface area (Å²) in [6.45, 7) is 0. The molecule has 0 aliphatic rings. The van der Waals surface area contributed by atoms with Gasteiger partial charge in [0.1, 0.15) is 0 Å². The second-order valence-corrected chi connectivity index (χ2v) is 5.45. The summed E-state index contributed by atoms with van der Waals surface area (Å²) in [4.78, 5) is 20.9. The highest BCUT2D eigenvalue weighted by Crippen LogP contribution is 2.22. The smallest absolute Gasteiger partial charge is 0.187 e. The van der Waals surface area contributed by atoms with E-state index < -0.39 is 0 Å². The summed E-state index contributed by atoms with van der Waals surface area (Å²) in [5.74, 6) is -0.211. The van der Waals surface area contributed by atoms with Crippen LogP contribution in [0.5, 0.6) is 0 Å². The zero-order valence-corrected chi connectivity index (χ0v) is 12.8. The van der Waals surface area contributed by atoms with E-state index in [1.165, 1.54) is 6.08 Å². The highest BCUT2D eigenvalue weighted by Gasteiger charge is 2.07. The van der Waals surface area contributed by atoms with Gasteiger partial charge in [0.15, 0.2) is 5.78 Å². The topological polar surface area (TPSA) is 42.9 Å². The number of ketones is 1. The molecule has 1 aromatic heterocycles. The van der Waals surface area contributed by atoms with Crippen molar-refractivity contribution in [3.8, 4) is 0 Å². The zero-order chi connectivity index (χ0) is 15.5. The number of rotatable bonds is 3. The molecule has 0 N–H and O–H groups in total. The number of carbonyl (C=O) groups is 1. The van der Waals surface area contributed by atoms with E-state index in [2.05, 4.69) is 9.97 Å². The van der Waals surface area contributed by atoms with E-state index in [4.69, 9.17) is 23.2 Å². The molecule has 2 aromatic carbocycles. The number of halogens is 2. The number of nitrogens with zero attached hydrogens (tertiary/aromatic N) is 2. The summed E-state index contributed by atoms with van der Waals surface area (Å²) in [6.07, 6.45) is 4.66. The molecule has 5 heteroatoms. The minimum atomic E-state index is -0.211. The Labute approximate surface area is 137 Å². The molecule has 3 nitrogen and oxygen atoms in total. The van der Waals surface area contributed by atoms with Gasteiger partial charge in [-0.1, -0.05) is 35.3 Å². The van der Waals surface area contributed by atoms with Gasteiger partial charge in [-0.25, -0.2) is 4.98 Å². The van der Waals surface area contributed by atoms with Crippen LogP contribution in [0.15, 0.2) is 54.7 Å². The fourth-order valence-electron chi connectivity index (χ4n) is 1.99. The maximum absolute atomic E-state index is 12.2. The predicted molar refractivity (Wildman–Crippen MR) is 89.4 cm³/mol. The molecule has 3 rings (SSSR count). The number of benzene rings is 2. The molecule has 0 fully saturated rings. The molecule has 0 amide bonds. The molecule has 0 bridgehead atoms. The van der Waals surface area contributed by atoms with Gasteiger partial charge in [0.05, 0.1) is 27.9 Å². The van der Waals surface area contributed by atoms with Crippen molar-refractivity contribution in [2.24, 2.45) is 0 Å². The molecule has 0 spiro atoms. The van der Waals surface area contributed by atoms with Gasteiger partial charge < -0.3 is 0 Å². The largest absolute Gasteiger partial charge is 0.289 e. The lowest BCUT2D eigenvalue weighted by Crippen LogP contribution is -1.95. The number of aromatic nitrogens is 2. The van der Waals surface area contributed by atoms with Crippen LogP contribution < -0.4 is 0 Å². The number of fused-ring (bicyclic) bond motifs is 1. The van der Waals surface area contributed by atoms with Crippen molar-refractivity contribution in [3.63, 3.8) is 0 Å². The van der Waals surface area contributed by atoms with Crippen LogP contribution in [0.3, 0.4) is 0 Å². The lowest BCUT2D eigenvalue weighted by atomic mass is 10.1. The molecule has 3 aromatic rings. The zero-order valence-electron chi connectivity index (χ0n) is 11.3. The fourth-order valence-corrected chi connectivity index (χ4v) is 2.49. The van der Waals surface area contributed by atoms with Crippen LogP contribution in [0.2, 0.25) is 10.0 Å². The van der Waals surface area contributed by atoms with Gasteiger partial charge in [0.2, 0.25) is 0 Å². The summed E-state index contributed by atoms with van der Waals surface area (Å²) in [5.41, 5.74) is 2.60. The van der Waals surface area contributed by atoms with Gasteiger partial charge in [-0.05, 0) is 42.5 Å². The van der Waals surface area contributed by atoms with Gasteiger partial charge in [0.25, 0.3) is 0 Å². The Kier molecular flexibility index (Phi) is 4.18. The quantitative estimate of drug-likeness (QED) is 0.510. The Bertz CT molecular complexity index is 891. The summed E-state index contributed by atoms with van der Waals surface area (Å²) in [6, 6.07) is 12.3. The Balaban J connectivity index is 1.87. The van der Waals surface area contributed by atoms with Crippen LogP contribution >= 0.6 is 23.2 Å². The number of hydrogen-bond donors (Lipinski definition) is 0. The van der Waals surface area contributed by atoms with Gasteiger partial charge in [0, 0.05) is 10.6 Å². The second kappa shape index (κ2) is 6.26. The molecule has 0 unspecified atom stereocenters. The van der Waals surface area contributed by atoms with Crippen molar-refractivity contribution >= 4 is 46.1 Å². The molecular weight excluding hydrogens is 319 g/mol. The van der Waals surface area contributed by atoms with Crippen LogP contribution in [-0.4, -0.2) is 15.8 Å². The second-order valence-electron chi connectivity index (χ2n) is 4.61. The molecule has 108 valence electrons. The van der Waals surface area contributed by atoms with E-state index in [9.17, 15) is 4.79 Å². The highest BCUT2D eigenvalue weighted by molar-refractivity contribution is 6.37. The molecule has 0 aliphatic heterocycles. The molecule has 1 heterocycles. The first-order chi connectivity index (χ1) is 10.6. The first-order valence-electron chi connectivity index (χ1n) is 6.53. The lowest BCUT2D eigenvalue weighted by Gasteiger charge is -2.00. The van der Waals surface area contributed by atoms with Gasteiger partial charge in [-0.2, -0.15) is 0 Å². The number of hydrogen-bond acceptors (Lipinski definition) is 3. The monoisotopic (exact) mass is 328 g/mol. The SMILES string of the molecule is O=C(/C=C/c1cnc2ccccc2n1)c1ccc(Cl)cc1Cl. The van der Waals surface area contributed by atoms with Gasteiger partial charge in [-0.15, -0.1) is 0 Å². The number of allylic oxidation sites excluding steroid dienone is 1. The molecule has 22 heavy (non-hydrogen) atoms. The Morgan fingerprint density at radius 1 is 1.05 bits per heavy atom. The third kappa shape index (κ3) is 3.16. The Morgan fingerprint density at radius 3 is 2.59 bits per heavy atom. The van der Waals surface area contributed by atoms with Crippen LogP contribution in [0.4, 0.5) is 0 Å². The third-order valence-electron chi connectivity index (χ3n) is 3.07. The number of para-hydroxylation sites is 2. The van der Waals surface area contributed by atoms with E-state index in [1.807, 2.05) is 24.3 Å². The van der Waals surface area contributed by atoms with Crippen molar-refractivity contribution in [2.75, 3.05) is 0 Å². The maximum atomic E-state index is 12.2. The minimum absolute atomic E-state index is 0.211. The lowest BCUT2D eigenvalue weighted by molar-refractivity contribution is 0.104.